The molecule has 23 heavy (non-hydrogen) atoms. The van der Waals surface area contributed by atoms with Gasteiger partial charge in [0.1, 0.15) is 0 Å². The molecule has 1 heterocycles. The van der Waals surface area contributed by atoms with Crippen LogP contribution in [0.2, 0.25) is 18.1 Å². The van der Waals surface area contributed by atoms with Crippen LogP contribution in [0.3, 0.4) is 0 Å². The Kier molecular flexibility index (Phi) is 5.32. The van der Waals surface area contributed by atoms with Gasteiger partial charge in [-0.05, 0) is 42.5 Å². The van der Waals surface area contributed by atoms with Crippen LogP contribution in [-0.4, -0.2) is 14.9 Å². The Bertz CT molecular complexity index is 532. The maximum atomic E-state index is 6.55. The second-order valence-electron chi connectivity index (χ2n) is 9.20. The molecule has 2 rings (SSSR count). The molecule has 0 aromatic carbocycles. The fourth-order valence-corrected chi connectivity index (χ4v) is 4.24. The lowest BCUT2D eigenvalue weighted by Gasteiger charge is -2.42. The minimum absolute atomic E-state index is 0.247. The second kappa shape index (κ2) is 6.60. The van der Waals surface area contributed by atoms with E-state index in [1.54, 1.807) is 6.26 Å². The summed E-state index contributed by atoms with van der Waals surface area (Å²) >= 11 is 0. The molecule has 0 bridgehead atoms. The van der Waals surface area contributed by atoms with Gasteiger partial charge in [0.25, 0.3) is 0 Å². The summed E-state index contributed by atoms with van der Waals surface area (Å²) in [4.78, 5) is 0. The normalized spacial score (nSPS) is 24.1. The van der Waals surface area contributed by atoms with Crippen molar-refractivity contribution in [2.24, 2.45) is 11.3 Å². The number of rotatable bonds is 4. The predicted octanol–water partition coefficient (Wildman–Crippen LogP) is 6.51. The molecule has 1 aromatic heterocycles. The van der Waals surface area contributed by atoms with E-state index in [-0.39, 0.29) is 10.5 Å². The first-order valence-corrected chi connectivity index (χ1v) is 11.8. The van der Waals surface area contributed by atoms with Crippen LogP contribution >= 0.6 is 0 Å². The second-order valence-corrected chi connectivity index (χ2v) is 14.0. The molecular weight excluding hydrogens is 300 g/mol. The summed E-state index contributed by atoms with van der Waals surface area (Å²) in [6.07, 6.45) is 9.71. The first kappa shape index (κ1) is 18.5. The van der Waals surface area contributed by atoms with Gasteiger partial charge in [-0.15, -0.1) is 0 Å². The van der Waals surface area contributed by atoms with E-state index in [0.29, 0.717) is 5.92 Å². The minimum Gasteiger partial charge on any atom is -0.472 e. The first-order chi connectivity index (χ1) is 10.5. The third kappa shape index (κ3) is 4.39. The Labute approximate surface area is 143 Å². The Morgan fingerprint density at radius 3 is 2.61 bits per heavy atom. The molecular formula is C20H34O2Si. The van der Waals surface area contributed by atoms with Crippen LogP contribution in [0, 0.1) is 11.3 Å². The van der Waals surface area contributed by atoms with E-state index in [2.05, 4.69) is 53.8 Å². The third-order valence-corrected chi connectivity index (χ3v) is 10.4. The SMILES string of the molecule is CC1(C)CCC[C@@H](CO[Si](C)(C)C(C)(C)C)/C1=C\c1ccoc1. The van der Waals surface area contributed by atoms with Gasteiger partial charge in [-0.1, -0.05) is 52.7 Å². The molecule has 1 aliphatic carbocycles. The average molecular weight is 335 g/mol. The maximum Gasteiger partial charge on any atom is 0.192 e. The van der Waals surface area contributed by atoms with Crippen LogP contribution in [0.25, 0.3) is 6.08 Å². The fraction of sp³-hybridized carbons (Fsp3) is 0.700. The minimum atomic E-state index is -1.69. The van der Waals surface area contributed by atoms with Gasteiger partial charge in [-0.25, -0.2) is 0 Å². The average Bonchev–Trinajstić information content (AvgIpc) is 2.91. The van der Waals surface area contributed by atoms with E-state index in [0.717, 1.165) is 6.61 Å². The molecule has 0 N–H and O–H groups in total. The van der Waals surface area contributed by atoms with Gasteiger partial charge in [0, 0.05) is 18.1 Å². The van der Waals surface area contributed by atoms with Crippen LogP contribution in [0.1, 0.15) is 59.4 Å². The molecule has 0 radical (unpaired) electrons. The van der Waals surface area contributed by atoms with Crippen LogP contribution in [0.4, 0.5) is 0 Å². The molecule has 1 aliphatic rings. The van der Waals surface area contributed by atoms with Crippen molar-refractivity contribution in [3.63, 3.8) is 0 Å². The highest BCUT2D eigenvalue weighted by atomic mass is 28.4. The van der Waals surface area contributed by atoms with Crippen LogP contribution in [-0.2, 0) is 4.43 Å². The molecule has 1 saturated carbocycles. The van der Waals surface area contributed by atoms with Gasteiger partial charge in [0.05, 0.1) is 12.5 Å². The van der Waals surface area contributed by atoms with E-state index < -0.39 is 8.32 Å². The Balaban J connectivity index is 2.18. The summed E-state index contributed by atoms with van der Waals surface area (Å²) in [6, 6.07) is 2.05. The molecule has 1 aromatic rings. The largest absolute Gasteiger partial charge is 0.472 e. The van der Waals surface area contributed by atoms with Crippen molar-refractivity contribution in [1.29, 1.82) is 0 Å². The summed E-state index contributed by atoms with van der Waals surface area (Å²) in [7, 11) is -1.69. The first-order valence-electron chi connectivity index (χ1n) is 8.91. The lowest BCUT2D eigenvalue weighted by atomic mass is 9.67. The van der Waals surface area contributed by atoms with Crippen molar-refractivity contribution < 1.29 is 8.84 Å². The van der Waals surface area contributed by atoms with Crippen molar-refractivity contribution in [3.8, 4) is 0 Å². The monoisotopic (exact) mass is 334 g/mol. The standard InChI is InChI=1S/C20H34O2Si/c1-19(2,3)23(6,7)22-15-17-9-8-11-20(4,5)18(17)13-16-10-12-21-14-16/h10,12-14,17H,8-9,11,15H2,1-7H3/b18-13+/t17-/m0/s1. The van der Waals surface area contributed by atoms with Gasteiger partial charge in [-0.3, -0.25) is 0 Å². The van der Waals surface area contributed by atoms with Gasteiger partial charge in [0.15, 0.2) is 8.32 Å². The van der Waals surface area contributed by atoms with E-state index in [1.807, 2.05) is 12.3 Å². The lowest BCUT2D eigenvalue weighted by molar-refractivity contribution is 0.189. The molecule has 1 fully saturated rings. The molecule has 0 spiro atoms. The summed E-state index contributed by atoms with van der Waals surface area (Å²) < 4.78 is 11.8. The molecule has 2 nitrogen and oxygen atoms in total. The number of hydrogen-bond acceptors (Lipinski definition) is 2. The highest BCUT2D eigenvalue weighted by molar-refractivity contribution is 6.74. The topological polar surface area (TPSA) is 22.4 Å². The van der Waals surface area contributed by atoms with E-state index >= 15 is 0 Å². The van der Waals surface area contributed by atoms with Crippen LogP contribution in [0.5, 0.6) is 0 Å². The number of furan rings is 1. The van der Waals surface area contributed by atoms with E-state index in [9.17, 15) is 0 Å². The smallest absolute Gasteiger partial charge is 0.192 e. The van der Waals surface area contributed by atoms with Crippen molar-refractivity contribution >= 4 is 14.4 Å². The highest BCUT2D eigenvalue weighted by Crippen LogP contribution is 2.45. The third-order valence-electron chi connectivity index (χ3n) is 5.89. The molecule has 0 unspecified atom stereocenters. The quantitative estimate of drug-likeness (QED) is 0.585. The molecule has 0 saturated heterocycles. The zero-order valence-corrected chi connectivity index (χ0v) is 17.0. The van der Waals surface area contributed by atoms with Crippen LogP contribution in [0.15, 0.2) is 28.6 Å². The Hall–Kier alpha value is -0.803. The highest BCUT2D eigenvalue weighted by Gasteiger charge is 2.39. The zero-order chi connectivity index (χ0) is 17.3. The zero-order valence-electron chi connectivity index (χ0n) is 16.0. The summed E-state index contributed by atoms with van der Waals surface area (Å²) in [5, 5.41) is 0.269. The van der Waals surface area contributed by atoms with E-state index in [4.69, 9.17) is 8.84 Å². The van der Waals surface area contributed by atoms with Crippen molar-refractivity contribution in [2.75, 3.05) is 6.61 Å². The summed E-state index contributed by atoms with van der Waals surface area (Å²) in [5.41, 5.74) is 2.95. The van der Waals surface area contributed by atoms with Gasteiger partial charge >= 0.3 is 0 Å². The van der Waals surface area contributed by atoms with Crippen LogP contribution < -0.4 is 0 Å². The summed E-state index contributed by atoms with van der Waals surface area (Å²) in [5.74, 6) is 0.530. The maximum absolute atomic E-state index is 6.55. The molecule has 0 aliphatic heterocycles. The molecule has 130 valence electrons. The fourth-order valence-electron chi connectivity index (χ4n) is 3.19. The Morgan fingerprint density at radius 1 is 1.35 bits per heavy atom. The van der Waals surface area contributed by atoms with Gasteiger partial charge in [0.2, 0.25) is 0 Å². The Morgan fingerprint density at radius 2 is 2.04 bits per heavy atom. The molecule has 1 atom stereocenters. The van der Waals surface area contributed by atoms with Gasteiger partial charge in [-0.2, -0.15) is 0 Å². The lowest BCUT2D eigenvalue weighted by Crippen LogP contribution is -2.43. The van der Waals surface area contributed by atoms with Gasteiger partial charge < -0.3 is 8.84 Å². The molecule has 0 amide bonds. The number of hydrogen-bond donors (Lipinski definition) is 0. The van der Waals surface area contributed by atoms with Crippen molar-refractivity contribution in [1.82, 2.24) is 0 Å². The molecule has 3 heteroatoms. The summed E-state index contributed by atoms with van der Waals surface area (Å²) in [6.45, 7) is 17.2. The van der Waals surface area contributed by atoms with Crippen molar-refractivity contribution in [2.45, 2.75) is 72.0 Å². The predicted molar refractivity (Wildman–Crippen MR) is 101 cm³/mol. The van der Waals surface area contributed by atoms with E-state index in [1.165, 1.54) is 30.4 Å². The van der Waals surface area contributed by atoms with Crippen molar-refractivity contribution in [3.05, 3.63) is 29.7 Å².